The van der Waals surface area contributed by atoms with Crippen molar-refractivity contribution in [2.24, 2.45) is 0 Å². The highest BCUT2D eigenvalue weighted by molar-refractivity contribution is 5.97. The van der Waals surface area contributed by atoms with Crippen molar-refractivity contribution in [3.05, 3.63) is 113 Å². The number of anilines is 1. The number of rotatable bonds is 6. The second kappa shape index (κ2) is 12.1. The lowest BCUT2D eigenvalue weighted by molar-refractivity contribution is -0.117. The van der Waals surface area contributed by atoms with Crippen LogP contribution in [0.15, 0.2) is 90.6 Å². The molecule has 6 heteroatoms. The molecule has 0 unspecified atom stereocenters. The number of carbonyl (C=O) groups is 1. The first-order valence-electron chi connectivity index (χ1n) is 11.6. The summed E-state index contributed by atoms with van der Waals surface area (Å²) in [6.07, 6.45) is 1.71. The van der Waals surface area contributed by atoms with Crippen LogP contribution in [0.5, 0.6) is 0 Å². The zero-order chi connectivity index (χ0) is 23.9. The molecule has 0 aromatic heterocycles. The molecule has 1 aliphatic rings. The SMILES string of the molecule is Cc1cccc(N2CCN(/C=C(/C#N)C(=O)NC(c3ccccc3)c3ccccc3)CC2)c1C.Cl. The molecule has 1 N–H and O–H groups in total. The van der Waals surface area contributed by atoms with E-state index in [1.54, 1.807) is 6.20 Å². The molecule has 0 bridgehead atoms. The third kappa shape index (κ3) is 6.23. The van der Waals surface area contributed by atoms with E-state index in [9.17, 15) is 10.1 Å². The molecule has 1 saturated heterocycles. The summed E-state index contributed by atoms with van der Waals surface area (Å²) in [5.41, 5.74) is 5.92. The summed E-state index contributed by atoms with van der Waals surface area (Å²) in [5, 5.41) is 12.8. The summed E-state index contributed by atoms with van der Waals surface area (Å²) in [6.45, 7) is 7.49. The maximum Gasteiger partial charge on any atom is 0.264 e. The summed E-state index contributed by atoms with van der Waals surface area (Å²) >= 11 is 0. The van der Waals surface area contributed by atoms with Crippen LogP contribution in [0.1, 0.15) is 28.3 Å². The van der Waals surface area contributed by atoms with E-state index in [-0.39, 0.29) is 29.9 Å². The second-order valence-corrected chi connectivity index (χ2v) is 8.62. The number of aryl methyl sites for hydroxylation is 1. The van der Waals surface area contributed by atoms with Crippen molar-refractivity contribution in [1.29, 1.82) is 5.26 Å². The number of hydrogen-bond acceptors (Lipinski definition) is 4. The summed E-state index contributed by atoms with van der Waals surface area (Å²) in [7, 11) is 0. The molecular weight excluding hydrogens is 456 g/mol. The third-order valence-corrected chi connectivity index (χ3v) is 6.45. The maximum atomic E-state index is 13.1. The minimum absolute atomic E-state index is 0. The van der Waals surface area contributed by atoms with Crippen LogP contribution in [0, 0.1) is 25.2 Å². The molecule has 0 atom stereocenters. The van der Waals surface area contributed by atoms with Gasteiger partial charge in [0.25, 0.3) is 5.91 Å². The van der Waals surface area contributed by atoms with Crippen LogP contribution < -0.4 is 10.2 Å². The zero-order valence-corrected chi connectivity index (χ0v) is 21.0. The van der Waals surface area contributed by atoms with Crippen LogP contribution in [0.2, 0.25) is 0 Å². The molecule has 3 aromatic rings. The van der Waals surface area contributed by atoms with Crippen LogP contribution in [0.25, 0.3) is 0 Å². The number of carbonyl (C=O) groups excluding carboxylic acids is 1. The molecule has 1 fully saturated rings. The average molecular weight is 487 g/mol. The maximum absolute atomic E-state index is 13.1. The van der Waals surface area contributed by atoms with Gasteiger partial charge in [-0.2, -0.15) is 5.26 Å². The van der Waals surface area contributed by atoms with E-state index in [2.05, 4.69) is 53.2 Å². The number of nitrogens with one attached hydrogen (secondary N) is 1. The Morgan fingerprint density at radius 3 is 2.00 bits per heavy atom. The summed E-state index contributed by atoms with van der Waals surface area (Å²) in [6, 6.07) is 27.8. The van der Waals surface area contributed by atoms with Gasteiger partial charge in [0.2, 0.25) is 0 Å². The molecule has 4 rings (SSSR count). The minimum atomic E-state index is -0.364. The van der Waals surface area contributed by atoms with E-state index in [1.807, 2.05) is 60.7 Å². The van der Waals surface area contributed by atoms with E-state index >= 15 is 0 Å². The van der Waals surface area contributed by atoms with Crippen molar-refractivity contribution in [3.8, 4) is 6.07 Å². The molecule has 3 aromatic carbocycles. The first-order chi connectivity index (χ1) is 16.6. The van der Waals surface area contributed by atoms with Gasteiger partial charge in [0.05, 0.1) is 6.04 Å². The molecule has 180 valence electrons. The number of hydrogen-bond donors (Lipinski definition) is 1. The second-order valence-electron chi connectivity index (χ2n) is 8.62. The first-order valence-corrected chi connectivity index (χ1v) is 11.6. The van der Waals surface area contributed by atoms with E-state index in [0.29, 0.717) is 0 Å². The predicted molar refractivity (Wildman–Crippen MR) is 144 cm³/mol. The van der Waals surface area contributed by atoms with Crippen molar-refractivity contribution in [1.82, 2.24) is 10.2 Å². The molecular formula is C29H31ClN4O. The molecule has 1 heterocycles. The van der Waals surface area contributed by atoms with Gasteiger partial charge in [0, 0.05) is 38.1 Å². The smallest absolute Gasteiger partial charge is 0.264 e. The number of amides is 1. The highest BCUT2D eigenvalue weighted by atomic mass is 35.5. The molecule has 1 amide bonds. The standard InChI is InChI=1S/C29H30N4O.ClH/c1-22-10-9-15-27(23(22)2)33-18-16-32(17-19-33)21-26(20-30)29(34)31-28(24-11-5-3-6-12-24)25-13-7-4-8-14-25;/h3-15,21,28H,16-19H2,1-2H3,(H,31,34);1H/b26-21-;. The molecule has 5 nitrogen and oxygen atoms in total. The van der Waals surface area contributed by atoms with Gasteiger partial charge < -0.3 is 15.1 Å². The Morgan fingerprint density at radius 1 is 0.886 bits per heavy atom. The fourth-order valence-corrected chi connectivity index (χ4v) is 4.35. The Balaban J connectivity index is 0.00000342. The molecule has 0 spiro atoms. The van der Waals surface area contributed by atoms with E-state index in [0.717, 1.165) is 37.3 Å². The van der Waals surface area contributed by atoms with Gasteiger partial charge in [-0.25, -0.2) is 0 Å². The van der Waals surface area contributed by atoms with Crippen molar-refractivity contribution in [2.45, 2.75) is 19.9 Å². The van der Waals surface area contributed by atoms with Crippen molar-refractivity contribution >= 4 is 24.0 Å². The number of piperazine rings is 1. The van der Waals surface area contributed by atoms with Crippen LogP contribution in [-0.4, -0.2) is 37.0 Å². The highest BCUT2D eigenvalue weighted by Crippen LogP contribution is 2.25. The van der Waals surface area contributed by atoms with E-state index in [1.165, 1.54) is 16.8 Å². The fourth-order valence-electron chi connectivity index (χ4n) is 4.35. The van der Waals surface area contributed by atoms with Gasteiger partial charge in [-0.05, 0) is 42.2 Å². The number of benzene rings is 3. The van der Waals surface area contributed by atoms with E-state index < -0.39 is 0 Å². The summed E-state index contributed by atoms with van der Waals surface area (Å²) in [5.74, 6) is -0.364. The Morgan fingerprint density at radius 2 is 1.46 bits per heavy atom. The Kier molecular flexibility index (Phi) is 8.94. The van der Waals surface area contributed by atoms with Gasteiger partial charge >= 0.3 is 0 Å². The number of halogens is 1. The summed E-state index contributed by atoms with van der Waals surface area (Å²) in [4.78, 5) is 17.6. The monoisotopic (exact) mass is 486 g/mol. The van der Waals surface area contributed by atoms with Crippen LogP contribution in [0.3, 0.4) is 0 Å². The number of nitriles is 1. The topological polar surface area (TPSA) is 59.4 Å². The van der Waals surface area contributed by atoms with Gasteiger partial charge in [-0.15, -0.1) is 12.4 Å². The van der Waals surface area contributed by atoms with Crippen LogP contribution in [-0.2, 0) is 4.79 Å². The largest absolute Gasteiger partial charge is 0.373 e. The lowest BCUT2D eigenvalue weighted by Gasteiger charge is -2.36. The molecule has 0 aliphatic carbocycles. The zero-order valence-electron chi connectivity index (χ0n) is 20.1. The molecule has 0 saturated carbocycles. The first kappa shape index (κ1) is 25.9. The molecule has 0 radical (unpaired) electrons. The average Bonchev–Trinajstić information content (AvgIpc) is 2.89. The third-order valence-electron chi connectivity index (χ3n) is 6.45. The number of nitrogens with zero attached hydrogens (tertiary/aromatic N) is 3. The van der Waals surface area contributed by atoms with Gasteiger partial charge in [0.15, 0.2) is 0 Å². The Labute approximate surface area is 214 Å². The summed E-state index contributed by atoms with van der Waals surface area (Å²) < 4.78 is 0. The van der Waals surface area contributed by atoms with Crippen LogP contribution in [0.4, 0.5) is 5.69 Å². The quantitative estimate of drug-likeness (QED) is 0.386. The Hall–Kier alpha value is -3.75. The van der Waals surface area contributed by atoms with Crippen molar-refractivity contribution in [2.75, 3.05) is 31.1 Å². The fraction of sp³-hybridized carbons (Fsp3) is 0.241. The lowest BCUT2D eigenvalue weighted by Crippen LogP contribution is -2.44. The van der Waals surface area contributed by atoms with Crippen LogP contribution >= 0.6 is 12.4 Å². The van der Waals surface area contributed by atoms with Gasteiger partial charge in [-0.3, -0.25) is 4.79 Å². The normalized spacial score (nSPS) is 13.7. The van der Waals surface area contributed by atoms with Gasteiger partial charge in [0.1, 0.15) is 11.6 Å². The molecule has 35 heavy (non-hydrogen) atoms. The Bertz CT molecular complexity index is 1160. The lowest BCUT2D eigenvalue weighted by atomic mass is 9.98. The van der Waals surface area contributed by atoms with Crippen molar-refractivity contribution in [3.63, 3.8) is 0 Å². The highest BCUT2D eigenvalue weighted by Gasteiger charge is 2.22. The van der Waals surface area contributed by atoms with E-state index in [4.69, 9.17) is 0 Å². The predicted octanol–water partition coefficient (Wildman–Crippen LogP) is 5.16. The van der Waals surface area contributed by atoms with Crippen molar-refractivity contribution < 1.29 is 4.79 Å². The van der Waals surface area contributed by atoms with Gasteiger partial charge in [-0.1, -0.05) is 72.8 Å². The molecule has 1 aliphatic heterocycles. The minimum Gasteiger partial charge on any atom is -0.373 e.